The van der Waals surface area contributed by atoms with Crippen molar-refractivity contribution in [3.63, 3.8) is 0 Å². The second-order valence-electron chi connectivity index (χ2n) is 9.95. The molecule has 0 aliphatic carbocycles. The van der Waals surface area contributed by atoms with E-state index in [2.05, 4.69) is 37.4 Å². The average molecular weight is 422 g/mol. The summed E-state index contributed by atoms with van der Waals surface area (Å²) in [6, 6.07) is 12.2. The minimum Gasteiger partial charge on any atom is -0.324 e. The molecule has 31 heavy (non-hydrogen) atoms. The van der Waals surface area contributed by atoms with Gasteiger partial charge in [-0.2, -0.15) is 0 Å². The van der Waals surface area contributed by atoms with Crippen LogP contribution in [0.4, 0.5) is 16.2 Å². The van der Waals surface area contributed by atoms with Gasteiger partial charge in [-0.25, -0.2) is 4.79 Å². The molecule has 0 saturated carbocycles. The first kappa shape index (κ1) is 22.9. The van der Waals surface area contributed by atoms with Gasteiger partial charge in [0.2, 0.25) is 5.91 Å². The van der Waals surface area contributed by atoms with Gasteiger partial charge < -0.3 is 10.2 Å². The summed E-state index contributed by atoms with van der Waals surface area (Å²) in [6.07, 6.45) is 1.31. The molecule has 0 unspecified atom stereocenters. The highest BCUT2D eigenvalue weighted by Crippen LogP contribution is 2.31. The second kappa shape index (κ2) is 9.13. The molecular weight excluding hydrogens is 386 g/mol. The zero-order valence-corrected chi connectivity index (χ0v) is 19.7. The van der Waals surface area contributed by atoms with Crippen LogP contribution in [0.1, 0.15) is 55.9 Å². The number of nitrogens with one attached hydrogen (secondary N) is 1. The van der Waals surface area contributed by atoms with E-state index >= 15 is 0 Å². The van der Waals surface area contributed by atoms with Gasteiger partial charge >= 0.3 is 6.03 Å². The lowest BCUT2D eigenvalue weighted by Gasteiger charge is -2.37. The number of benzene rings is 2. The van der Waals surface area contributed by atoms with Gasteiger partial charge in [0.05, 0.1) is 11.4 Å². The van der Waals surface area contributed by atoms with Crippen molar-refractivity contribution in [3.05, 3.63) is 58.7 Å². The van der Waals surface area contributed by atoms with E-state index in [-0.39, 0.29) is 17.4 Å². The first-order valence-corrected chi connectivity index (χ1v) is 11.1. The maximum atomic E-state index is 13.4. The molecule has 1 saturated heterocycles. The monoisotopic (exact) mass is 421 g/mol. The Morgan fingerprint density at radius 1 is 1.00 bits per heavy atom. The van der Waals surface area contributed by atoms with Crippen LogP contribution in [0.2, 0.25) is 0 Å². The molecule has 0 aromatic heterocycles. The van der Waals surface area contributed by atoms with Gasteiger partial charge in [0.15, 0.2) is 0 Å². The number of carbonyl (C=O) groups excluding carboxylic acids is 2. The average Bonchev–Trinajstić information content (AvgIpc) is 2.65. The number of anilines is 2. The molecule has 3 amide bonds. The standard InChI is InChI=1S/C26H35N3O2/c1-18-8-10-20(3)21(14-18)17-28-12-7-13-29(25(28)31)23-11-9-19(2)15-22(23)27-24(30)16-26(4,5)6/h8-11,14-15H,7,12-13,16-17H2,1-6H3,(H,27,30). The number of urea groups is 1. The molecule has 0 spiro atoms. The van der Waals surface area contributed by atoms with E-state index in [1.807, 2.05) is 50.8 Å². The lowest BCUT2D eigenvalue weighted by Crippen LogP contribution is -2.49. The maximum absolute atomic E-state index is 13.4. The van der Waals surface area contributed by atoms with Crippen molar-refractivity contribution in [3.8, 4) is 0 Å². The molecule has 2 aromatic carbocycles. The molecule has 1 heterocycles. The van der Waals surface area contributed by atoms with Gasteiger partial charge in [0, 0.05) is 26.1 Å². The Bertz CT molecular complexity index is 975. The normalized spacial score (nSPS) is 14.7. The summed E-state index contributed by atoms with van der Waals surface area (Å²) in [4.78, 5) is 29.7. The van der Waals surface area contributed by atoms with Crippen LogP contribution in [0.25, 0.3) is 0 Å². The molecule has 0 radical (unpaired) electrons. The summed E-state index contributed by atoms with van der Waals surface area (Å²) in [5.74, 6) is -0.0314. The maximum Gasteiger partial charge on any atom is 0.324 e. The van der Waals surface area contributed by atoms with Crippen LogP contribution < -0.4 is 10.2 Å². The van der Waals surface area contributed by atoms with Crippen LogP contribution in [0.5, 0.6) is 0 Å². The SMILES string of the molecule is Cc1ccc(C)c(CN2CCCN(c3ccc(C)cc3NC(=O)CC(C)(C)C)C2=O)c1. The molecule has 5 nitrogen and oxygen atoms in total. The van der Waals surface area contributed by atoms with E-state index in [0.29, 0.717) is 25.2 Å². The van der Waals surface area contributed by atoms with E-state index in [0.717, 1.165) is 24.2 Å². The van der Waals surface area contributed by atoms with Crippen molar-refractivity contribution in [2.24, 2.45) is 5.41 Å². The van der Waals surface area contributed by atoms with E-state index < -0.39 is 0 Å². The largest absolute Gasteiger partial charge is 0.324 e. The number of nitrogens with zero attached hydrogens (tertiary/aromatic N) is 2. The summed E-state index contributed by atoms with van der Waals surface area (Å²) in [6.45, 7) is 14.3. The third-order valence-corrected chi connectivity index (χ3v) is 5.58. The Balaban J connectivity index is 1.84. The van der Waals surface area contributed by atoms with Gasteiger partial charge in [-0.15, -0.1) is 0 Å². The zero-order chi connectivity index (χ0) is 22.8. The van der Waals surface area contributed by atoms with E-state index in [4.69, 9.17) is 0 Å². The number of rotatable bonds is 5. The number of hydrogen-bond acceptors (Lipinski definition) is 2. The van der Waals surface area contributed by atoms with Crippen LogP contribution in [-0.2, 0) is 11.3 Å². The minimum atomic E-state index is -0.0997. The summed E-state index contributed by atoms with van der Waals surface area (Å²) in [7, 11) is 0. The third kappa shape index (κ3) is 5.87. The first-order valence-electron chi connectivity index (χ1n) is 11.1. The fourth-order valence-corrected chi connectivity index (χ4v) is 3.99. The van der Waals surface area contributed by atoms with Gasteiger partial charge in [0.25, 0.3) is 0 Å². The lowest BCUT2D eigenvalue weighted by atomic mass is 9.92. The minimum absolute atomic E-state index is 0.0117. The van der Waals surface area contributed by atoms with Crippen LogP contribution in [0.15, 0.2) is 36.4 Å². The molecule has 5 heteroatoms. The van der Waals surface area contributed by atoms with Crippen LogP contribution >= 0.6 is 0 Å². The van der Waals surface area contributed by atoms with Gasteiger partial charge in [0.1, 0.15) is 0 Å². The Labute approximate surface area is 186 Å². The highest BCUT2D eigenvalue weighted by atomic mass is 16.2. The van der Waals surface area contributed by atoms with E-state index in [9.17, 15) is 9.59 Å². The molecule has 2 aromatic rings. The summed E-state index contributed by atoms with van der Waals surface area (Å²) >= 11 is 0. The molecule has 0 atom stereocenters. The van der Waals surface area contributed by atoms with Crippen molar-refractivity contribution < 1.29 is 9.59 Å². The molecule has 1 aliphatic heterocycles. The Hall–Kier alpha value is -2.82. The predicted octanol–water partition coefficient (Wildman–Crippen LogP) is 5.82. The second-order valence-corrected chi connectivity index (χ2v) is 9.95. The summed E-state index contributed by atoms with van der Waals surface area (Å²) < 4.78 is 0. The van der Waals surface area contributed by atoms with E-state index in [1.54, 1.807) is 4.90 Å². The topological polar surface area (TPSA) is 52.6 Å². The van der Waals surface area contributed by atoms with Gasteiger partial charge in [-0.05, 0) is 61.4 Å². The van der Waals surface area contributed by atoms with Crippen molar-refractivity contribution >= 4 is 23.3 Å². The molecular formula is C26H35N3O2. The third-order valence-electron chi connectivity index (χ3n) is 5.58. The van der Waals surface area contributed by atoms with Gasteiger partial charge in [-0.3, -0.25) is 9.69 Å². The number of aryl methyl sites for hydroxylation is 3. The highest BCUT2D eigenvalue weighted by Gasteiger charge is 2.29. The summed E-state index contributed by atoms with van der Waals surface area (Å²) in [5.41, 5.74) is 5.99. The fraction of sp³-hybridized carbons (Fsp3) is 0.462. The first-order chi connectivity index (χ1) is 14.5. The highest BCUT2D eigenvalue weighted by molar-refractivity contribution is 6.01. The smallest absolute Gasteiger partial charge is 0.324 e. The molecule has 166 valence electrons. The van der Waals surface area contributed by atoms with Crippen LogP contribution in [0, 0.1) is 26.2 Å². The lowest BCUT2D eigenvalue weighted by molar-refractivity contribution is -0.117. The van der Waals surface area contributed by atoms with Crippen molar-refractivity contribution in [1.82, 2.24) is 4.90 Å². The van der Waals surface area contributed by atoms with Crippen molar-refractivity contribution in [1.29, 1.82) is 0 Å². The zero-order valence-electron chi connectivity index (χ0n) is 19.7. The molecule has 0 bridgehead atoms. The summed E-state index contributed by atoms with van der Waals surface area (Å²) in [5, 5.41) is 3.06. The number of hydrogen-bond donors (Lipinski definition) is 1. The van der Waals surface area contributed by atoms with Gasteiger partial charge in [-0.1, -0.05) is 50.6 Å². The molecule has 1 fully saturated rings. The molecule has 1 aliphatic rings. The van der Waals surface area contributed by atoms with Crippen LogP contribution in [-0.4, -0.2) is 29.9 Å². The Morgan fingerprint density at radius 2 is 1.68 bits per heavy atom. The fourth-order valence-electron chi connectivity index (χ4n) is 3.99. The predicted molar refractivity (Wildman–Crippen MR) is 128 cm³/mol. The van der Waals surface area contributed by atoms with E-state index in [1.165, 1.54) is 16.7 Å². The van der Waals surface area contributed by atoms with Crippen molar-refractivity contribution in [2.75, 3.05) is 23.3 Å². The molecule has 1 N–H and O–H groups in total. The Morgan fingerprint density at radius 3 is 2.39 bits per heavy atom. The molecule has 3 rings (SSSR count). The Kier molecular flexibility index (Phi) is 6.73. The van der Waals surface area contributed by atoms with Crippen molar-refractivity contribution in [2.45, 2.75) is 60.9 Å². The van der Waals surface area contributed by atoms with Crippen LogP contribution in [0.3, 0.4) is 0 Å². The number of amides is 3. The quantitative estimate of drug-likeness (QED) is 0.661. The number of carbonyl (C=O) groups is 2.